The number of para-hydroxylation sites is 1. The summed E-state index contributed by atoms with van der Waals surface area (Å²) in [5.74, 6) is -0.365. The van der Waals surface area contributed by atoms with E-state index in [-0.39, 0.29) is 11.4 Å². The highest BCUT2D eigenvalue weighted by atomic mass is 16.6. The first-order valence-electron chi connectivity index (χ1n) is 8.00. The minimum atomic E-state index is -0.611. The molecule has 0 unspecified atom stereocenters. The minimum Gasteiger partial charge on any atom is -0.502 e. The summed E-state index contributed by atoms with van der Waals surface area (Å²) in [6, 6.07) is 12.3. The lowest BCUT2D eigenvalue weighted by Gasteiger charge is -2.28. The van der Waals surface area contributed by atoms with Crippen LogP contribution in [0.5, 0.6) is 5.75 Å². The Hall–Kier alpha value is -2.89. The second kappa shape index (κ2) is 7.12. The van der Waals surface area contributed by atoms with Crippen molar-refractivity contribution in [2.45, 2.75) is 19.3 Å². The molecule has 1 N–H and O–H groups in total. The number of benzene rings is 2. The second-order valence-corrected chi connectivity index (χ2v) is 5.79. The van der Waals surface area contributed by atoms with Gasteiger partial charge in [-0.15, -0.1) is 0 Å². The number of hydrogen-bond acceptors (Lipinski definition) is 5. The molecule has 0 radical (unpaired) electrons. The largest absolute Gasteiger partial charge is 0.502 e. The first-order valence-corrected chi connectivity index (χ1v) is 8.00. The summed E-state index contributed by atoms with van der Waals surface area (Å²) in [5.41, 5.74) is 1.93. The summed E-state index contributed by atoms with van der Waals surface area (Å²) in [6.07, 6.45) is 5.20. The van der Waals surface area contributed by atoms with Crippen molar-refractivity contribution in [2.24, 2.45) is 4.99 Å². The molecule has 1 aliphatic rings. The van der Waals surface area contributed by atoms with Crippen molar-refractivity contribution >= 4 is 23.3 Å². The molecule has 0 amide bonds. The quantitative estimate of drug-likeness (QED) is 0.522. The van der Waals surface area contributed by atoms with Crippen LogP contribution >= 0.6 is 0 Å². The Bertz CT molecular complexity index is 751. The van der Waals surface area contributed by atoms with Gasteiger partial charge < -0.3 is 10.0 Å². The van der Waals surface area contributed by atoms with Gasteiger partial charge in [0.05, 0.1) is 10.6 Å². The van der Waals surface area contributed by atoms with Crippen LogP contribution in [0.2, 0.25) is 0 Å². The fraction of sp³-hybridized carbons (Fsp3) is 0.278. The number of aliphatic imine (C=N–C) groups is 1. The van der Waals surface area contributed by atoms with Crippen molar-refractivity contribution < 1.29 is 10.0 Å². The summed E-state index contributed by atoms with van der Waals surface area (Å²) < 4.78 is 0. The average Bonchev–Trinajstić information content (AvgIpc) is 2.62. The summed E-state index contributed by atoms with van der Waals surface area (Å²) >= 11 is 0. The molecule has 1 heterocycles. The van der Waals surface area contributed by atoms with Crippen molar-refractivity contribution in [3.05, 3.63) is 58.1 Å². The van der Waals surface area contributed by atoms with E-state index in [1.807, 2.05) is 24.3 Å². The molecule has 0 bridgehead atoms. The van der Waals surface area contributed by atoms with Crippen molar-refractivity contribution in [2.75, 3.05) is 18.0 Å². The Morgan fingerprint density at radius 1 is 1.08 bits per heavy atom. The highest BCUT2D eigenvalue weighted by molar-refractivity contribution is 5.87. The predicted molar refractivity (Wildman–Crippen MR) is 94.5 cm³/mol. The molecule has 0 spiro atoms. The molecular formula is C18H19N3O3. The molecule has 2 aromatic rings. The SMILES string of the molecule is O=[N+]([O-])c1cccc(C=Nc2ccc(N3CCCCC3)cc2)c1O. The van der Waals surface area contributed by atoms with Crippen LogP contribution in [0.25, 0.3) is 0 Å². The number of piperidine rings is 1. The van der Waals surface area contributed by atoms with Gasteiger partial charge in [-0.3, -0.25) is 15.1 Å². The highest BCUT2D eigenvalue weighted by Crippen LogP contribution is 2.29. The zero-order valence-electron chi connectivity index (χ0n) is 13.3. The van der Waals surface area contributed by atoms with Crippen LogP contribution in [0.4, 0.5) is 17.1 Å². The van der Waals surface area contributed by atoms with Gasteiger partial charge in [0.1, 0.15) is 0 Å². The molecule has 2 aromatic carbocycles. The van der Waals surface area contributed by atoms with Gasteiger partial charge >= 0.3 is 5.69 Å². The molecule has 6 nitrogen and oxygen atoms in total. The van der Waals surface area contributed by atoms with Crippen LogP contribution in [0.1, 0.15) is 24.8 Å². The molecule has 1 aliphatic heterocycles. The molecule has 0 aliphatic carbocycles. The van der Waals surface area contributed by atoms with Crippen LogP contribution in [0.3, 0.4) is 0 Å². The summed E-state index contributed by atoms with van der Waals surface area (Å²) in [5, 5.41) is 20.7. The molecular weight excluding hydrogens is 306 g/mol. The van der Waals surface area contributed by atoms with E-state index >= 15 is 0 Å². The number of phenolic OH excluding ortho intramolecular Hbond substituents is 1. The van der Waals surface area contributed by atoms with Crippen LogP contribution in [0, 0.1) is 10.1 Å². The minimum absolute atomic E-state index is 0.320. The number of aromatic hydroxyl groups is 1. The van der Waals surface area contributed by atoms with E-state index in [0.29, 0.717) is 5.56 Å². The lowest BCUT2D eigenvalue weighted by molar-refractivity contribution is -0.385. The maximum absolute atomic E-state index is 10.8. The molecule has 124 valence electrons. The van der Waals surface area contributed by atoms with Gasteiger partial charge in [0.2, 0.25) is 5.75 Å². The van der Waals surface area contributed by atoms with Gasteiger partial charge in [0.15, 0.2) is 0 Å². The van der Waals surface area contributed by atoms with Crippen LogP contribution in [0.15, 0.2) is 47.5 Å². The summed E-state index contributed by atoms with van der Waals surface area (Å²) in [4.78, 5) is 16.9. The Kier molecular flexibility index (Phi) is 4.74. The number of hydrogen-bond donors (Lipinski definition) is 1. The molecule has 3 rings (SSSR count). The number of phenols is 1. The van der Waals surface area contributed by atoms with Gasteiger partial charge in [0, 0.05) is 36.6 Å². The monoisotopic (exact) mass is 325 g/mol. The highest BCUT2D eigenvalue weighted by Gasteiger charge is 2.15. The molecule has 24 heavy (non-hydrogen) atoms. The topological polar surface area (TPSA) is 79.0 Å². The number of nitro benzene ring substituents is 1. The zero-order valence-corrected chi connectivity index (χ0v) is 13.3. The van der Waals surface area contributed by atoms with E-state index in [9.17, 15) is 15.2 Å². The standard InChI is InChI=1S/C18H19N3O3/c22-18-14(5-4-6-17(18)21(23)24)13-19-15-7-9-16(10-8-15)20-11-2-1-3-12-20/h4-10,13,22H,1-3,11-12H2. The normalized spacial score (nSPS) is 14.9. The van der Waals surface area contributed by atoms with E-state index in [4.69, 9.17) is 0 Å². The lowest BCUT2D eigenvalue weighted by atomic mass is 10.1. The first kappa shape index (κ1) is 16.0. The number of nitro groups is 1. The lowest BCUT2D eigenvalue weighted by Crippen LogP contribution is -2.29. The number of rotatable bonds is 4. The van der Waals surface area contributed by atoms with Crippen LogP contribution < -0.4 is 4.90 Å². The summed E-state index contributed by atoms with van der Waals surface area (Å²) in [6.45, 7) is 2.17. The van der Waals surface area contributed by atoms with Crippen molar-refractivity contribution in [1.82, 2.24) is 0 Å². The fourth-order valence-corrected chi connectivity index (χ4v) is 2.85. The molecule has 6 heteroatoms. The predicted octanol–water partition coefficient (Wildman–Crippen LogP) is 4.04. The van der Waals surface area contributed by atoms with E-state index in [0.717, 1.165) is 18.8 Å². The van der Waals surface area contributed by atoms with E-state index in [1.54, 1.807) is 6.07 Å². The fourth-order valence-electron chi connectivity index (χ4n) is 2.85. The molecule has 0 aromatic heterocycles. The Morgan fingerprint density at radius 3 is 2.46 bits per heavy atom. The Labute approximate surface area is 140 Å². The summed E-state index contributed by atoms with van der Waals surface area (Å²) in [7, 11) is 0. The van der Waals surface area contributed by atoms with Gasteiger partial charge in [-0.05, 0) is 49.6 Å². The maximum atomic E-state index is 10.8. The van der Waals surface area contributed by atoms with Gasteiger partial charge in [0.25, 0.3) is 0 Å². The van der Waals surface area contributed by atoms with Gasteiger partial charge in [-0.25, -0.2) is 0 Å². The third-order valence-corrected chi connectivity index (χ3v) is 4.17. The van der Waals surface area contributed by atoms with E-state index in [1.165, 1.54) is 43.3 Å². The number of anilines is 1. The average molecular weight is 325 g/mol. The van der Waals surface area contributed by atoms with Crippen molar-refractivity contribution in [3.63, 3.8) is 0 Å². The molecule has 0 saturated carbocycles. The Morgan fingerprint density at radius 2 is 1.79 bits per heavy atom. The third-order valence-electron chi connectivity index (χ3n) is 4.17. The van der Waals surface area contributed by atoms with E-state index in [2.05, 4.69) is 9.89 Å². The zero-order chi connectivity index (χ0) is 16.9. The van der Waals surface area contributed by atoms with Gasteiger partial charge in [-0.2, -0.15) is 0 Å². The molecule has 1 fully saturated rings. The third kappa shape index (κ3) is 3.53. The van der Waals surface area contributed by atoms with E-state index < -0.39 is 4.92 Å². The maximum Gasteiger partial charge on any atom is 0.311 e. The smallest absolute Gasteiger partial charge is 0.311 e. The van der Waals surface area contributed by atoms with Gasteiger partial charge in [-0.1, -0.05) is 6.07 Å². The second-order valence-electron chi connectivity index (χ2n) is 5.79. The van der Waals surface area contributed by atoms with Crippen molar-refractivity contribution in [3.8, 4) is 5.75 Å². The Balaban J connectivity index is 1.75. The first-order chi connectivity index (χ1) is 11.6. The molecule has 1 saturated heterocycles. The number of nitrogens with zero attached hydrogens (tertiary/aromatic N) is 3. The van der Waals surface area contributed by atoms with Crippen LogP contribution in [-0.4, -0.2) is 29.3 Å². The van der Waals surface area contributed by atoms with Crippen LogP contribution in [-0.2, 0) is 0 Å². The molecule has 0 atom stereocenters. The van der Waals surface area contributed by atoms with Crippen molar-refractivity contribution in [1.29, 1.82) is 0 Å².